The summed E-state index contributed by atoms with van der Waals surface area (Å²) in [6.45, 7) is 2.86. The predicted molar refractivity (Wildman–Crippen MR) is 98.5 cm³/mol. The number of amides is 2. The van der Waals surface area contributed by atoms with Crippen LogP contribution in [0.5, 0.6) is 0 Å². The van der Waals surface area contributed by atoms with E-state index in [-0.39, 0.29) is 11.9 Å². The van der Waals surface area contributed by atoms with E-state index in [4.69, 9.17) is 0 Å². The average molecular weight is 363 g/mol. The molecular weight excluding hydrogens is 336 g/mol. The van der Waals surface area contributed by atoms with Crippen molar-refractivity contribution in [3.63, 3.8) is 0 Å². The Labute approximate surface area is 152 Å². The highest BCUT2D eigenvalue weighted by atomic mass is 32.1. The van der Waals surface area contributed by atoms with Gasteiger partial charge in [0.1, 0.15) is 11.6 Å². The van der Waals surface area contributed by atoms with Gasteiger partial charge in [0.15, 0.2) is 0 Å². The lowest BCUT2D eigenvalue weighted by molar-refractivity contribution is 0.177. The van der Waals surface area contributed by atoms with Gasteiger partial charge in [0, 0.05) is 30.9 Å². The number of carbonyl (C=O) groups excluding carboxylic acids is 1. The summed E-state index contributed by atoms with van der Waals surface area (Å²) >= 11 is 1.66. The minimum absolute atomic E-state index is 0.00813. The average Bonchev–Trinajstić information content (AvgIpc) is 3.23. The van der Waals surface area contributed by atoms with E-state index in [0.717, 1.165) is 37.6 Å². The second-order valence-corrected chi connectivity index (χ2v) is 7.83. The fraction of sp³-hybridized carbons (Fsp3) is 0.588. The number of nitrogens with one attached hydrogen (secondary N) is 1. The van der Waals surface area contributed by atoms with E-state index >= 15 is 0 Å². The molecule has 0 aromatic carbocycles. The van der Waals surface area contributed by atoms with E-state index in [1.165, 1.54) is 4.88 Å². The summed E-state index contributed by atoms with van der Waals surface area (Å²) < 4.78 is 2.08. The van der Waals surface area contributed by atoms with Crippen molar-refractivity contribution in [1.82, 2.24) is 29.9 Å². The van der Waals surface area contributed by atoms with E-state index in [1.807, 2.05) is 43.6 Å². The summed E-state index contributed by atoms with van der Waals surface area (Å²) in [5.41, 5.74) is 0. The molecule has 3 rings (SSSR count). The first-order valence-electron chi connectivity index (χ1n) is 8.62. The van der Waals surface area contributed by atoms with E-state index < -0.39 is 0 Å². The molecule has 1 unspecified atom stereocenters. The molecule has 3 heterocycles. The fourth-order valence-electron chi connectivity index (χ4n) is 3.21. The first kappa shape index (κ1) is 17.9. The number of likely N-dealkylation sites (tertiary alicyclic amines) is 1. The Hall–Kier alpha value is -1.93. The van der Waals surface area contributed by atoms with Crippen LogP contribution in [0.3, 0.4) is 0 Å². The maximum Gasteiger partial charge on any atom is 0.317 e. The third kappa shape index (κ3) is 4.38. The molecule has 7 nitrogen and oxygen atoms in total. The molecule has 0 aliphatic carbocycles. The zero-order valence-corrected chi connectivity index (χ0v) is 15.9. The molecule has 2 aromatic heterocycles. The van der Waals surface area contributed by atoms with Gasteiger partial charge < -0.3 is 19.7 Å². The van der Waals surface area contributed by atoms with E-state index in [1.54, 1.807) is 11.3 Å². The number of aromatic nitrogens is 3. The largest absolute Gasteiger partial charge is 0.333 e. The molecule has 136 valence electrons. The van der Waals surface area contributed by atoms with Crippen LogP contribution in [0.2, 0.25) is 0 Å². The summed E-state index contributed by atoms with van der Waals surface area (Å²) in [5, 5.41) is 13.8. The zero-order chi connectivity index (χ0) is 17.8. The van der Waals surface area contributed by atoms with E-state index in [2.05, 4.69) is 25.0 Å². The molecule has 1 N–H and O–H groups in total. The van der Waals surface area contributed by atoms with Crippen molar-refractivity contribution in [1.29, 1.82) is 0 Å². The lowest BCUT2D eigenvalue weighted by atomic mass is 9.97. The van der Waals surface area contributed by atoms with Gasteiger partial charge in [-0.05, 0) is 38.4 Å². The number of nitrogens with zero attached hydrogens (tertiary/aromatic N) is 5. The van der Waals surface area contributed by atoms with Crippen molar-refractivity contribution in [2.24, 2.45) is 7.05 Å². The van der Waals surface area contributed by atoms with Gasteiger partial charge in [-0.3, -0.25) is 0 Å². The highest BCUT2D eigenvalue weighted by molar-refractivity contribution is 7.09. The Balaban J connectivity index is 1.61. The molecule has 1 aliphatic rings. The molecule has 1 fully saturated rings. The normalized spacial score (nSPS) is 17.9. The van der Waals surface area contributed by atoms with Gasteiger partial charge >= 0.3 is 6.03 Å². The van der Waals surface area contributed by atoms with Gasteiger partial charge in [0.25, 0.3) is 0 Å². The van der Waals surface area contributed by atoms with Gasteiger partial charge in [-0.2, -0.15) is 0 Å². The maximum absolute atomic E-state index is 12.5. The molecule has 0 spiro atoms. The molecular formula is C17H26N6OS. The summed E-state index contributed by atoms with van der Waals surface area (Å²) in [6.07, 6.45) is 2.04. The van der Waals surface area contributed by atoms with Crippen LogP contribution in [0.25, 0.3) is 0 Å². The van der Waals surface area contributed by atoms with Gasteiger partial charge in [0.2, 0.25) is 0 Å². The Kier molecular flexibility index (Phi) is 5.70. The smallest absolute Gasteiger partial charge is 0.317 e. The molecule has 2 amide bonds. The molecule has 0 bridgehead atoms. The van der Waals surface area contributed by atoms with Crippen molar-refractivity contribution in [3.05, 3.63) is 34.0 Å². The number of rotatable bonds is 5. The second kappa shape index (κ2) is 7.97. The number of carbonyl (C=O) groups is 1. The monoisotopic (exact) mass is 362 g/mol. The van der Waals surface area contributed by atoms with Gasteiger partial charge in [0.05, 0.1) is 13.1 Å². The van der Waals surface area contributed by atoms with Crippen LogP contribution in [-0.4, -0.2) is 57.8 Å². The van der Waals surface area contributed by atoms with Crippen molar-refractivity contribution < 1.29 is 4.79 Å². The Bertz CT molecular complexity index is 696. The van der Waals surface area contributed by atoms with Crippen LogP contribution in [0, 0.1) is 0 Å². The fourth-order valence-corrected chi connectivity index (χ4v) is 3.86. The summed E-state index contributed by atoms with van der Waals surface area (Å²) in [7, 11) is 6.06. The minimum Gasteiger partial charge on any atom is -0.333 e. The summed E-state index contributed by atoms with van der Waals surface area (Å²) in [5.74, 6) is 2.18. The van der Waals surface area contributed by atoms with Crippen molar-refractivity contribution in [2.45, 2.75) is 31.8 Å². The van der Waals surface area contributed by atoms with Crippen LogP contribution in [0.1, 0.15) is 35.3 Å². The first-order valence-corrected chi connectivity index (χ1v) is 9.50. The molecule has 1 aliphatic heterocycles. The van der Waals surface area contributed by atoms with Crippen LogP contribution in [-0.2, 0) is 20.1 Å². The highest BCUT2D eigenvalue weighted by Crippen LogP contribution is 2.26. The van der Waals surface area contributed by atoms with Gasteiger partial charge in [-0.15, -0.1) is 21.5 Å². The third-order valence-electron chi connectivity index (χ3n) is 4.52. The number of piperidine rings is 1. The predicted octanol–water partition coefficient (Wildman–Crippen LogP) is 2.03. The number of hydrogen-bond acceptors (Lipinski definition) is 5. The van der Waals surface area contributed by atoms with Crippen LogP contribution < -0.4 is 5.32 Å². The summed E-state index contributed by atoms with van der Waals surface area (Å²) in [6, 6.07) is 4.05. The van der Waals surface area contributed by atoms with Crippen LogP contribution in [0.4, 0.5) is 4.79 Å². The van der Waals surface area contributed by atoms with E-state index in [9.17, 15) is 4.79 Å². The quantitative estimate of drug-likeness (QED) is 0.884. The second-order valence-electron chi connectivity index (χ2n) is 6.79. The molecule has 0 radical (unpaired) electrons. The number of hydrogen-bond donors (Lipinski definition) is 1. The zero-order valence-electron chi connectivity index (χ0n) is 15.1. The molecule has 25 heavy (non-hydrogen) atoms. The topological polar surface area (TPSA) is 66.3 Å². The lowest BCUT2D eigenvalue weighted by Crippen LogP contribution is -2.45. The molecule has 1 atom stereocenters. The lowest BCUT2D eigenvalue weighted by Gasteiger charge is -2.32. The molecule has 0 saturated carbocycles. The maximum atomic E-state index is 12.5. The summed E-state index contributed by atoms with van der Waals surface area (Å²) in [4.78, 5) is 17.6. The van der Waals surface area contributed by atoms with Crippen LogP contribution >= 0.6 is 11.3 Å². The van der Waals surface area contributed by atoms with Crippen molar-refractivity contribution in [3.8, 4) is 0 Å². The van der Waals surface area contributed by atoms with Gasteiger partial charge in [-0.1, -0.05) is 6.07 Å². The van der Waals surface area contributed by atoms with Crippen molar-refractivity contribution >= 4 is 17.4 Å². The molecule has 2 aromatic rings. The minimum atomic E-state index is 0.00813. The number of urea groups is 1. The Morgan fingerprint density at radius 1 is 1.44 bits per heavy atom. The highest BCUT2D eigenvalue weighted by Gasteiger charge is 2.28. The first-order chi connectivity index (χ1) is 12.0. The standard InChI is InChI=1S/C17H26N6OS/c1-21(2)12-15-19-20-16(22(15)3)13-6-4-8-23(11-13)17(24)18-10-14-7-5-9-25-14/h5,7,9,13H,4,6,8,10-12H2,1-3H3,(H,18,24). The molecule has 8 heteroatoms. The Morgan fingerprint density at radius 3 is 3.00 bits per heavy atom. The molecule has 1 saturated heterocycles. The SMILES string of the molecule is CN(C)Cc1nnc(C2CCCN(C(=O)NCc3cccs3)C2)n1C. The van der Waals surface area contributed by atoms with Crippen molar-refractivity contribution in [2.75, 3.05) is 27.2 Å². The Morgan fingerprint density at radius 2 is 2.28 bits per heavy atom. The van der Waals surface area contributed by atoms with Gasteiger partial charge in [-0.25, -0.2) is 4.79 Å². The third-order valence-corrected chi connectivity index (χ3v) is 5.40. The van der Waals surface area contributed by atoms with Crippen LogP contribution in [0.15, 0.2) is 17.5 Å². The van der Waals surface area contributed by atoms with E-state index in [0.29, 0.717) is 13.1 Å². The number of thiophene rings is 1.